The summed E-state index contributed by atoms with van der Waals surface area (Å²) in [6.45, 7) is 2.06. The van der Waals surface area contributed by atoms with Crippen molar-refractivity contribution >= 4 is 15.9 Å². The molecule has 0 aliphatic heterocycles. The highest BCUT2D eigenvalue weighted by Gasteiger charge is 2.36. The van der Waals surface area contributed by atoms with E-state index in [0.29, 0.717) is 16.6 Å². The molecule has 0 saturated heterocycles. The summed E-state index contributed by atoms with van der Waals surface area (Å²) < 4.78 is 37.5. The molecule has 0 aromatic heterocycles. The van der Waals surface area contributed by atoms with Crippen molar-refractivity contribution in [3.8, 4) is 0 Å². The number of rotatable bonds is 7. The summed E-state index contributed by atoms with van der Waals surface area (Å²) >= 11 is 3.30. The Morgan fingerprint density at radius 3 is 2.50 bits per heavy atom. The van der Waals surface area contributed by atoms with Crippen molar-refractivity contribution in [3.63, 3.8) is 0 Å². The molecule has 0 atom stereocenters. The predicted octanol–water partition coefficient (Wildman–Crippen LogP) is 3.90. The quantitative estimate of drug-likeness (QED) is 0.560. The Balaban J connectivity index is 3.05. The Kier molecular flexibility index (Phi) is 6.18. The highest BCUT2D eigenvalue weighted by molar-refractivity contribution is 9.10. The number of halogens is 3. The Hall–Kier alpha value is -0.520. The van der Waals surface area contributed by atoms with Crippen LogP contribution in [0.3, 0.4) is 0 Å². The molecule has 0 N–H and O–H groups in total. The average Bonchev–Trinajstić information content (AvgIpc) is 2.38. The van der Waals surface area contributed by atoms with Gasteiger partial charge < -0.3 is 9.47 Å². The molecule has 0 saturated carbocycles. The molecular weight excluding hydrogens is 306 g/mol. The van der Waals surface area contributed by atoms with Crippen LogP contribution in [0.2, 0.25) is 0 Å². The van der Waals surface area contributed by atoms with E-state index in [1.807, 2.05) is 13.0 Å². The Bertz CT molecular complexity index is 381. The van der Waals surface area contributed by atoms with Crippen molar-refractivity contribution in [2.75, 3.05) is 26.7 Å². The smallest absolute Gasteiger partial charge is 0.153 e. The first kappa shape index (κ1) is 15.5. The van der Waals surface area contributed by atoms with Crippen LogP contribution in [-0.2, 0) is 15.1 Å². The summed E-state index contributed by atoms with van der Waals surface area (Å²) in [6.07, 6.45) is 0. The number of hydrogen-bond donors (Lipinski definition) is 0. The van der Waals surface area contributed by atoms with Gasteiger partial charge in [0.05, 0.1) is 0 Å². The molecule has 1 rings (SSSR count). The van der Waals surface area contributed by atoms with E-state index < -0.39 is 19.0 Å². The molecule has 18 heavy (non-hydrogen) atoms. The van der Waals surface area contributed by atoms with Crippen LogP contribution < -0.4 is 0 Å². The number of benzene rings is 1. The minimum absolute atomic E-state index is 0.134. The number of hydrogen-bond acceptors (Lipinski definition) is 2. The number of aryl methyl sites for hydroxylation is 1. The van der Waals surface area contributed by atoms with E-state index in [1.165, 1.54) is 0 Å². The van der Waals surface area contributed by atoms with Crippen LogP contribution in [0.1, 0.15) is 18.1 Å². The molecule has 102 valence electrons. The van der Waals surface area contributed by atoms with Crippen LogP contribution in [0.15, 0.2) is 22.7 Å². The monoisotopic (exact) mass is 322 g/mol. The van der Waals surface area contributed by atoms with Gasteiger partial charge in [-0.1, -0.05) is 33.6 Å². The standard InChI is InChI=1S/C13H17BrF2O2/c1-3-17-9-18-13(7-15,8-16)11-6-10(2)4-5-12(11)14/h4-6H,3,7-9H2,1-2H3. The average molecular weight is 323 g/mol. The third-order valence-corrected chi connectivity index (χ3v) is 3.36. The van der Waals surface area contributed by atoms with E-state index in [1.54, 1.807) is 19.1 Å². The van der Waals surface area contributed by atoms with E-state index >= 15 is 0 Å². The Morgan fingerprint density at radius 1 is 1.28 bits per heavy atom. The highest BCUT2D eigenvalue weighted by atomic mass is 79.9. The Labute approximate surface area is 114 Å². The molecule has 0 fully saturated rings. The van der Waals surface area contributed by atoms with Crippen molar-refractivity contribution in [2.24, 2.45) is 0 Å². The molecule has 1 aromatic carbocycles. The second-order valence-electron chi connectivity index (χ2n) is 4.00. The molecular formula is C13H17BrF2O2. The first-order chi connectivity index (χ1) is 8.59. The zero-order chi connectivity index (χ0) is 13.6. The summed E-state index contributed by atoms with van der Waals surface area (Å²) in [7, 11) is 0. The predicted molar refractivity (Wildman–Crippen MR) is 70.1 cm³/mol. The maximum absolute atomic E-state index is 13.3. The van der Waals surface area contributed by atoms with E-state index in [2.05, 4.69) is 15.9 Å². The van der Waals surface area contributed by atoms with Crippen LogP contribution in [0, 0.1) is 6.92 Å². The fourth-order valence-electron chi connectivity index (χ4n) is 1.56. The second-order valence-corrected chi connectivity index (χ2v) is 4.85. The van der Waals surface area contributed by atoms with E-state index in [-0.39, 0.29) is 6.79 Å². The summed E-state index contributed by atoms with van der Waals surface area (Å²) in [5.41, 5.74) is -0.216. The second kappa shape index (κ2) is 7.16. The lowest BCUT2D eigenvalue weighted by molar-refractivity contribution is -0.160. The maximum atomic E-state index is 13.3. The molecule has 0 aliphatic rings. The van der Waals surface area contributed by atoms with Crippen LogP contribution in [0.5, 0.6) is 0 Å². The molecule has 2 nitrogen and oxygen atoms in total. The van der Waals surface area contributed by atoms with Gasteiger partial charge in [0.2, 0.25) is 0 Å². The van der Waals surface area contributed by atoms with Crippen LogP contribution >= 0.6 is 15.9 Å². The third-order valence-electron chi connectivity index (χ3n) is 2.67. The molecule has 0 spiro atoms. The fourth-order valence-corrected chi connectivity index (χ4v) is 2.17. The number of alkyl halides is 2. The van der Waals surface area contributed by atoms with Crippen LogP contribution in [0.25, 0.3) is 0 Å². The molecule has 0 bridgehead atoms. The molecule has 5 heteroatoms. The van der Waals surface area contributed by atoms with Gasteiger partial charge in [-0.15, -0.1) is 0 Å². The zero-order valence-corrected chi connectivity index (χ0v) is 12.1. The van der Waals surface area contributed by atoms with E-state index in [4.69, 9.17) is 9.47 Å². The maximum Gasteiger partial charge on any atom is 0.153 e. The van der Waals surface area contributed by atoms with Gasteiger partial charge >= 0.3 is 0 Å². The molecule has 1 aromatic rings. The van der Waals surface area contributed by atoms with E-state index in [9.17, 15) is 8.78 Å². The van der Waals surface area contributed by atoms with Gasteiger partial charge in [0.1, 0.15) is 20.1 Å². The SMILES string of the molecule is CCOCOC(CF)(CF)c1cc(C)ccc1Br. The van der Waals surface area contributed by atoms with Crippen LogP contribution in [-0.4, -0.2) is 26.7 Å². The van der Waals surface area contributed by atoms with Crippen molar-refractivity contribution in [3.05, 3.63) is 33.8 Å². The van der Waals surface area contributed by atoms with Gasteiger partial charge in [0.15, 0.2) is 5.60 Å². The molecule has 0 amide bonds. The van der Waals surface area contributed by atoms with Crippen molar-refractivity contribution in [1.82, 2.24) is 0 Å². The molecule has 0 unspecified atom stereocenters. The summed E-state index contributed by atoms with van der Waals surface area (Å²) in [5.74, 6) is 0. The van der Waals surface area contributed by atoms with Gasteiger partial charge in [0.25, 0.3) is 0 Å². The lowest BCUT2D eigenvalue weighted by Gasteiger charge is -2.29. The van der Waals surface area contributed by atoms with Gasteiger partial charge in [0, 0.05) is 16.6 Å². The minimum Gasteiger partial charge on any atom is -0.356 e. The van der Waals surface area contributed by atoms with Gasteiger partial charge in [-0.3, -0.25) is 0 Å². The minimum atomic E-state index is -1.60. The van der Waals surface area contributed by atoms with Crippen molar-refractivity contribution in [2.45, 2.75) is 19.4 Å². The van der Waals surface area contributed by atoms with Crippen molar-refractivity contribution < 1.29 is 18.3 Å². The van der Waals surface area contributed by atoms with E-state index in [0.717, 1.165) is 5.56 Å². The van der Waals surface area contributed by atoms with Crippen molar-refractivity contribution in [1.29, 1.82) is 0 Å². The largest absolute Gasteiger partial charge is 0.356 e. The normalized spacial score (nSPS) is 11.8. The van der Waals surface area contributed by atoms with Crippen LogP contribution in [0.4, 0.5) is 8.78 Å². The van der Waals surface area contributed by atoms with Gasteiger partial charge in [-0.2, -0.15) is 0 Å². The van der Waals surface area contributed by atoms with Gasteiger partial charge in [-0.05, 0) is 19.9 Å². The first-order valence-electron chi connectivity index (χ1n) is 5.70. The fraction of sp³-hybridized carbons (Fsp3) is 0.538. The Morgan fingerprint density at radius 2 is 1.94 bits per heavy atom. The highest BCUT2D eigenvalue weighted by Crippen LogP contribution is 2.33. The summed E-state index contributed by atoms with van der Waals surface area (Å²) in [4.78, 5) is 0. The summed E-state index contributed by atoms with van der Waals surface area (Å²) in [5, 5.41) is 0. The number of ether oxygens (including phenoxy) is 2. The lowest BCUT2D eigenvalue weighted by Crippen LogP contribution is -2.36. The zero-order valence-electron chi connectivity index (χ0n) is 10.5. The molecule has 0 radical (unpaired) electrons. The lowest BCUT2D eigenvalue weighted by atomic mass is 9.95. The van der Waals surface area contributed by atoms with Gasteiger partial charge in [-0.25, -0.2) is 8.78 Å². The summed E-state index contributed by atoms with van der Waals surface area (Å²) in [6, 6.07) is 5.33. The topological polar surface area (TPSA) is 18.5 Å². The first-order valence-corrected chi connectivity index (χ1v) is 6.49. The third kappa shape index (κ3) is 3.49. The molecule has 0 aliphatic carbocycles. The molecule has 0 heterocycles.